The van der Waals surface area contributed by atoms with Crippen molar-refractivity contribution in [2.45, 2.75) is 46.1 Å². The van der Waals surface area contributed by atoms with Gasteiger partial charge in [-0.1, -0.05) is 13.8 Å². The summed E-state index contributed by atoms with van der Waals surface area (Å²) in [6, 6.07) is 7.66. The molecule has 0 heterocycles. The topological polar surface area (TPSA) is 50.4 Å². The Morgan fingerprint density at radius 3 is 2.40 bits per heavy atom. The Hall–Kier alpha value is -1.71. The Morgan fingerprint density at radius 1 is 1.20 bits per heavy atom. The lowest BCUT2D eigenvalue weighted by atomic mass is 10.0. The van der Waals surface area contributed by atoms with Gasteiger partial charge in [0, 0.05) is 11.2 Å². The van der Waals surface area contributed by atoms with E-state index in [1.54, 1.807) is 0 Å². The van der Waals surface area contributed by atoms with Gasteiger partial charge in [0.25, 0.3) is 0 Å². The van der Waals surface area contributed by atoms with Crippen LogP contribution < -0.4 is 15.4 Å². The van der Waals surface area contributed by atoms with Gasteiger partial charge in [-0.15, -0.1) is 0 Å². The number of rotatable bonds is 8. The third-order valence-corrected chi connectivity index (χ3v) is 3.14. The molecule has 1 aromatic rings. The molecule has 0 atom stereocenters. The first-order valence-electron chi connectivity index (χ1n) is 7.24. The molecular weight excluding hydrogens is 252 g/mol. The summed E-state index contributed by atoms with van der Waals surface area (Å²) in [5.41, 5.74) is 0.759. The van der Waals surface area contributed by atoms with Crippen LogP contribution in [-0.2, 0) is 4.79 Å². The van der Waals surface area contributed by atoms with Gasteiger partial charge in [-0.25, -0.2) is 0 Å². The molecule has 1 amide bonds. The van der Waals surface area contributed by atoms with E-state index in [1.165, 1.54) is 0 Å². The number of amides is 1. The van der Waals surface area contributed by atoms with Crippen LogP contribution in [-0.4, -0.2) is 24.6 Å². The Balaban J connectivity index is 2.40. The third kappa shape index (κ3) is 5.95. The highest BCUT2D eigenvalue weighted by molar-refractivity contribution is 5.81. The minimum absolute atomic E-state index is 0.00293. The SMILES string of the molecule is CCCOc1ccc(NCC(=O)NC(C)(C)CC)cc1. The smallest absolute Gasteiger partial charge is 0.239 e. The van der Waals surface area contributed by atoms with E-state index in [9.17, 15) is 4.79 Å². The molecule has 20 heavy (non-hydrogen) atoms. The molecule has 0 spiro atoms. The van der Waals surface area contributed by atoms with Gasteiger partial charge < -0.3 is 15.4 Å². The number of hydrogen-bond acceptors (Lipinski definition) is 3. The van der Waals surface area contributed by atoms with E-state index >= 15 is 0 Å². The summed E-state index contributed by atoms with van der Waals surface area (Å²) in [4.78, 5) is 11.8. The van der Waals surface area contributed by atoms with Crippen LogP contribution in [0.2, 0.25) is 0 Å². The Morgan fingerprint density at radius 2 is 1.85 bits per heavy atom. The summed E-state index contributed by atoms with van der Waals surface area (Å²) in [5.74, 6) is 0.858. The van der Waals surface area contributed by atoms with E-state index < -0.39 is 0 Å². The fourth-order valence-corrected chi connectivity index (χ4v) is 1.58. The molecule has 4 nitrogen and oxygen atoms in total. The van der Waals surface area contributed by atoms with Gasteiger partial charge in [-0.3, -0.25) is 4.79 Å². The molecule has 0 saturated carbocycles. The second kappa shape index (κ2) is 7.78. The highest BCUT2D eigenvalue weighted by atomic mass is 16.5. The number of benzene rings is 1. The maximum atomic E-state index is 11.8. The zero-order valence-electron chi connectivity index (χ0n) is 13.0. The number of nitrogens with one attached hydrogen (secondary N) is 2. The van der Waals surface area contributed by atoms with E-state index in [2.05, 4.69) is 24.5 Å². The lowest BCUT2D eigenvalue weighted by Gasteiger charge is -2.24. The van der Waals surface area contributed by atoms with Crippen LogP contribution in [0.4, 0.5) is 5.69 Å². The molecule has 1 aromatic carbocycles. The molecule has 0 bridgehead atoms. The fourth-order valence-electron chi connectivity index (χ4n) is 1.58. The van der Waals surface area contributed by atoms with Crippen LogP contribution in [0.3, 0.4) is 0 Å². The Kier molecular flexibility index (Phi) is 6.36. The van der Waals surface area contributed by atoms with E-state index in [0.29, 0.717) is 0 Å². The number of hydrogen-bond donors (Lipinski definition) is 2. The van der Waals surface area contributed by atoms with Gasteiger partial charge in [0.1, 0.15) is 5.75 Å². The van der Waals surface area contributed by atoms with Crippen molar-refractivity contribution in [3.8, 4) is 5.75 Å². The van der Waals surface area contributed by atoms with Gasteiger partial charge in [0.2, 0.25) is 5.91 Å². The van der Waals surface area contributed by atoms with Gasteiger partial charge in [0.15, 0.2) is 0 Å². The Labute approximate surface area is 121 Å². The van der Waals surface area contributed by atoms with Crippen LogP contribution in [0.1, 0.15) is 40.5 Å². The third-order valence-electron chi connectivity index (χ3n) is 3.14. The summed E-state index contributed by atoms with van der Waals surface area (Å²) in [6.45, 7) is 9.17. The highest BCUT2D eigenvalue weighted by Crippen LogP contribution is 2.15. The molecule has 2 N–H and O–H groups in total. The van der Waals surface area contributed by atoms with Gasteiger partial charge >= 0.3 is 0 Å². The summed E-state index contributed by atoms with van der Waals surface area (Å²) in [7, 11) is 0. The maximum absolute atomic E-state index is 11.8. The molecule has 0 saturated heterocycles. The lowest BCUT2D eigenvalue weighted by molar-refractivity contribution is -0.121. The van der Waals surface area contributed by atoms with E-state index in [4.69, 9.17) is 4.74 Å². The van der Waals surface area contributed by atoms with E-state index in [1.807, 2.05) is 38.1 Å². The second-order valence-electron chi connectivity index (χ2n) is 5.51. The maximum Gasteiger partial charge on any atom is 0.239 e. The molecule has 0 aliphatic carbocycles. The fraction of sp³-hybridized carbons (Fsp3) is 0.562. The molecule has 0 unspecified atom stereocenters. The van der Waals surface area contributed by atoms with E-state index in [0.717, 1.165) is 30.9 Å². The van der Waals surface area contributed by atoms with Crippen molar-refractivity contribution >= 4 is 11.6 Å². The number of ether oxygens (including phenoxy) is 1. The zero-order valence-corrected chi connectivity index (χ0v) is 13.0. The van der Waals surface area contributed by atoms with Crippen molar-refractivity contribution in [2.75, 3.05) is 18.5 Å². The number of carbonyl (C=O) groups is 1. The lowest BCUT2D eigenvalue weighted by Crippen LogP contribution is -2.45. The standard InChI is InChI=1S/C16H26N2O2/c1-5-11-20-14-9-7-13(8-10-14)17-12-15(19)18-16(3,4)6-2/h7-10,17H,5-6,11-12H2,1-4H3,(H,18,19). The minimum Gasteiger partial charge on any atom is -0.494 e. The molecular formula is C16H26N2O2. The van der Waals surface area contributed by atoms with Crippen molar-refractivity contribution in [2.24, 2.45) is 0 Å². The summed E-state index contributed by atoms with van der Waals surface area (Å²) >= 11 is 0. The monoisotopic (exact) mass is 278 g/mol. The Bertz CT molecular complexity index is 413. The highest BCUT2D eigenvalue weighted by Gasteiger charge is 2.17. The van der Waals surface area contributed by atoms with Crippen molar-refractivity contribution in [1.29, 1.82) is 0 Å². The predicted octanol–water partition coefficient (Wildman–Crippen LogP) is 3.19. The molecule has 0 aliphatic heterocycles. The molecule has 0 aliphatic rings. The van der Waals surface area contributed by atoms with Crippen LogP contribution in [0.25, 0.3) is 0 Å². The number of anilines is 1. The van der Waals surface area contributed by atoms with Crippen LogP contribution in [0.15, 0.2) is 24.3 Å². The predicted molar refractivity (Wildman–Crippen MR) is 83.2 cm³/mol. The quantitative estimate of drug-likeness (QED) is 0.768. The second-order valence-corrected chi connectivity index (χ2v) is 5.51. The van der Waals surface area contributed by atoms with E-state index in [-0.39, 0.29) is 18.0 Å². The van der Waals surface area contributed by atoms with Crippen LogP contribution >= 0.6 is 0 Å². The normalized spacial score (nSPS) is 11.0. The van der Waals surface area contributed by atoms with Crippen molar-refractivity contribution < 1.29 is 9.53 Å². The first-order chi connectivity index (χ1) is 9.46. The van der Waals surface area contributed by atoms with Gasteiger partial charge in [-0.2, -0.15) is 0 Å². The molecule has 1 rings (SSSR count). The van der Waals surface area contributed by atoms with Gasteiger partial charge in [-0.05, 0) is 51.0 Å². The van der Waals surface area contributed by atoms with Gasteiger partial charge in [0.05, 0.1) is 13.2 Å². The first-order valence-corrected chi connectivity index (χ1v) is 7.24. The molecule has 4 heteroatoms. The average molecular weight is 278 g/mol. The average Bonchev–Trinajstić information content (AvgIpc) is 2.43. The summed E-state index contributed by atoms with van der Waals surface area (Å²) in [5, 5.41) is 6.10. The molecule has 0 radical (unpaired) electrons. The van der Waals surface area contributed by atoms with Crippen molar-refractivity contribution in [1.82, 2.24) is 5.32 Å². The number of carbonyl (C=O) groups excluding carboxylic acids is 1. The summed E-state index contributed by atoms with van der Waals surface area (Å²) in [6.07, 6.45) is 1.90. The largest absolute Gasteiger partial charge is 0.494 e. The molecule has 0 aromatic heterocycles. The van der Waals surface area contributed by atoms with Crippen LogP contribution in [0.5, 0.6) is 5.75 Å². The van der Waals surface area contributed by atoms with Crippen molar-refractivity contribution in [3.63, 3.8) is 0 Å². The van der Waals surface area contributed by atoms with Crippen LogP contribution in [0, 0.1) is 0 Å². The molecule has 0 fully saturated rings. The zero-order chi connectivity index (χ0) is 15.0. The minimum atomic E-state index is -0.156. The molecule has 112 valence electrons. The first kappa shape index (κ1) is 16.3. The van der Waals surface area contributed by atoms with Crippen molar-refractivity contribution in [3.05, 3.63) is 24.3 Å². The summed E-state index contributed by atoms with van der Waals surface area (Å²) < 4.78 is 5.51.